The highest BCUT2D eigenvalue weighted by Crippen LogP contribution is 2.31. The molecule has 3 rings (SSSR count). The number of aryl methyl sites for hydroxylation is 2. The number of rotatable bonds is 2. The maximum atomic E-state index is 6.16. The molecule has 0 unspecified atom stereocenters. The Balaban J connectivity index is 2.14. The summed E-state index contributed by atoms with van der Waals surface area (Å²) in [6, 6.07) is 0. The van der Waals surface area contributed by atoms with Gasteiger partial charge < -0.3 is 0 Å². The third kappa shape index (κ3) is 2.47. The fraction of sp³-hybridized carbons (Fsp3) is 0.308. The van der Waals surface area contributed by atoms with Crippen molar-refractivity contribution in [1.82, 2.24) is 29.5 Å². The molecule has 0 aromatic carbocycles. The van der Waals surface area contributed by atoms with Gasteiger partial charge in [0.2, 0.25) is 0 Å². The molecule has 0 saturated heterocycles. The van der Waals surface area contributed by atoms with Crippen molar-refractivity contribution in [3.8, 4) is 0 Å². The Morgan fingerprint density at radius 3 is 2.33 bits per heavy atom. The minimum absolute atomic E-state index is 0.415. The van der Waals surface area contributed by atoms with Crippen LogP contribution in [0.3, 0.4) is 0 Å². The smallest absolute Gasteiger partial charge is 0.227 e. The number of nitrogens with zero attached hydrogens (tertiary/aromatic N) is 6. The third-order valence-corrected chi connectivity index (χ3v) is 4.76. The molecule has 0 aliphatic heterocycles. The van der Waals surface area contributed by atoms with Crippen molar-refractivity contribution in [3.05, 3.63) is 34.0 Å². The van der Waals surface area contributed by atoms with E-state index in [1.807, 2.05) is 27.7 Å². The predicted molar refractivity (Wildman–Crippen MR) is 80.9 cm³/mol. The van der Waals surface area contributed by atoms with Crippen LogP contribution in [0.5, 0.6) is 0 Å². The van der Waals surface area contributed by atoms with Crippen LogP contribution in [0.2, 0.25) is 5.15 Å². The Morgan fingerprint density at radius 2 is 1.67 bits per heavy atom. The van der Waals surface area contributed by atoms with Crippen LogP contribution in [0.4, 0.5) is 0 Å². The normalized spacial score (nSPS) is 11.3. The van der Waals surface area contributed by atoms with Crippen molar-refractivity contribution < 1.29 is 0 Å². The molecule has 0 spiro atoms. The molecule has 0 amide bonds. The Bertz CT molecular complexity index is 821. The van der Waals surface area contributed by atoms with Crippen LogP contribution >= 0.6 is 23.4 Å². The molecular weight excluding hydrogens is 308 g/mol. The second-order valence-electron chi connectivity index (χ2n) is 4.71. The summed E-state index contributed by atoms with van der Waals surface area (Å²) in [5.74, 6) is 0.466. The van der Waals surface area contributed by atoms with Gasteiger partial charge in [0, 0.05) is 17.0 Å². The molecule has 21 heavy (non-hydrogen) atoms. The lowest BCUT2D eigenvalue weighted by molar-refractivity contribution is 0.815. The Labute approximate surface area is 131 Å². The third-order valence-electron chi connectivity index (χ3n) is 3.35. The van der Waals surface area contributed by atoms with E-state index in [9.17, 15) is 0 Å². The van der Waals surface area contributed by atoms with E-state index in [1.54, 1.807) is 4.52 Å². The lowest BCUT2D eigenvalue weighted by atomic mass is 10.2. The van der Waals surface area contributed by atoms with Crippen molar-refractivity contribution >= 4 is 29.1 Å². The van der Waals surface area contributed by atoms with Gasteiger partial charge in [0.15, 0.2) is 5.16 Å². The van der Waals surface area contributed by atoms with Gasteiger partial charge in [0.25, 0.3) is 5.78 Å². The van der Waals surface area contributed by atoms with Crippen LogP contribution < -0.4 is 0 Å². The van der Waals surface area contributed by atoms with Crippen molar-refractivity contribution in [1.29, 1.82) is 0 Å². The fourth-order valence-corrected chi connectivity index (χ4v) is 3.09. The van der Waals surface area contributed by atoms with Crippen molar-refractivity contribution in [3.63, 3.8) is 0 Å². The average molecular weight is 321 g/mol. The zero-order valence-electron chi connectivity index (χ0n) is 12.0. The van der Waals surface area contributed by atoms with E-state index in [2.05, 4.69) is 25.0 Å². The first kappa shape index (κ1) is 14.2. The van der Waals surface area contributed by atoms with E-state index < -0.39 is 0 Å². The Kier molecular flexibility index (Phi) is 3.54. The quantitative estimate of drug-likeness (QED) is 0.534. The first-order valence-electron chi connectivity index (χ1n) is 6.33. The molecule has 0 aliphatic carbocycles. The fourth-order valence-electron chi connectivity index (χ4n) is 1.87. The first-order chi connectivity index (χ1) is 9.97. The summed E-state index contributed by atoms with van der Waals surface area (Å²) in [5, 5.41) is 6.09. The molecule has 0 aliphatic rings. The van der Waals surface area contributed by atoms with Crippen molar-refractivity contribution in [2.45, 2.75) is 37.9 Å². The van der Waals surface area contributed by atoms with Crippen molar-refractivity contribution in [2.75, 3.05) is 0 Å². The van der Waals surface area contributed by atoms with Crippen molar-refractivity contribution in [2.24, 2.45) is 0 Å². The van der Waals surface area contributed by atoms with Gasteiger partial charge in [-0.3, -0.25) is 0 Å². The zero-order valence-corrected chi connectivity index (χ0v) is 13.6. The minimum Gasteiger partial charge on any atom is -0.227 e. The van der Waals surface area contributed by atoms with Crippen LogP contribution in [-0.2, 0) is 0 Å². The topological polar surface area (TPSA) is 68.9 Å². The summed E-state index contributed by atoms with van der Waals surface area (Å²) in [4.78, 5) is 17.3. The van der Waals surface area contributed by atoms with Gasteiger partial charge in [-0.25, -0.2) is 9.97 Å². The number of hydrogen-bond acceptors (Lipinski definition) is 6. The number of aromatic nitrogens is 6. The van der Waals surface area contributed by atoms with E-state index in [1.165, 1.54) is 18.1 Å². The minimum atomic E-state index is 0.415. The number of fused-ring (bicyclic) bond motifs is 1. The molecule has 3 heterocycles. The Hall–Kier alpha value is -1.73. The summed E-state index contributed by atoms with van der Waals surface area (Å²) in [5.41, 5.74) is 3.88. The highest BCUT2D eigenvalue weighted by molar-refractivity contribution is 7.99. The average Bonchev–Trinajstić information content (AvgIpc) is 2.89. The summed E-state index contributed by atoms with van der Waals surface area (Å²) in [7, 11) is 0. The number of halogens is 1. The summed E-state index contributed by atoms with van der Waals surface area (Å²) in [6.45, 7) is 7.87. The molecule has 3 aromatic heterocycles. The maximum absolute atomic E-state index is 6.16. The SMILES string of the molecule is Cc1nc(Sc2c(C)c(Cl)nc3ncnn23)nc(C)c1C. The molecule has 0 saturated carbocycles. The maximum Gasteiger partial charge on any atom is 0.254 e. The molecule has 108 valence electrons. The molecule has 0 fully saturated rings. The Morgan fingerprint density at radius 1 is 1.00 bits per heavy atom. The van der Waals surface area contributed by atoms with Gasteiger partial charge in [-0.05, 0) is 45.0 Å². The molecule has 0 bridgehead atoms. The van der Waals surface area contributed by atoms with Crippen LogP contribution in [0.25, 0.3) is 5.78 Å². The monoisotopic (exact) mass is 320 g/mol. The second-order valence-corrected chi connectivity index (χ2v) is 6.02. The summed E-state index contributed by atoms with van der Waals surface area (Å²) in [6.07, 6.45) is 1.45. The van der Waals surface area contributed by atoms with Gasteiger partial charge in [-0.1, -0.05) is 11.6 Å². The summed E-state index contributed by atoms with van der Waals surface area (Å²) >= 11 is 7.57. The van der Waals surface area contributed by atoms with Gasteiger partial charge in [0.05, 0.1) is 0 Å². The first-order valence-corrected chi connectivity index (χ1v) is 7.52. The van der Waals surface area contributed by atoms with Crippen LogP contribution in [0.15, 0.2) is 16.5 Å². The van der Waals surface area contributed by atoms with E-state index in [0.29, 0.717) is 16.1 Å². The van der Waals surface area contributed by atoms with E-state index in [0.717, 1.165) is 27.5 Å². The van der Waals surface area contributed by atoms with Gasteiger partial charge in [-0.15, -0.1) is 0 Å². The molecule has 6 nitrogen and oxygen atoms in total. The van der Waals surface area contributed by atoms with Crippen LogP contribution in [0, 0.1) is 27.7 Å². The molecule has 0 atom stereocenters. The van der Waals surface area contributed by atoms with Crippen LogP contribution in [0.1, 0.15) is 22.5 Å². The predicted octanol–water partition coefficient (Wildman–Crippen LogP) is 2.95. The van der Waals surface area contributed by atoms with E-state index in [4.69, 9.17) is 11.6 Å². The largest absolute Gasteiger partial charge is 0.254 e. The molecule has 8 heteroatoms. The molecular formula is C13H13ClN6S. The molecule has 0 N–H and O–H groups in total. The van der Waals surface area contributed by atoms with E-state index in [-0.39, 0.29) is 0 Å². The van der Waals surface area contributed by atoms with Crippen LogP contribution in [-0.4, -0.2) is 29.5 Å². The highest BCUT2D eigenvalue weighted by Gasteiger charge is 2.15. The number of hydrogen-bond donors (Lipinski definition) is 0. The molecule has 0 radical (unpaired) electrons. The molecule has 3 aromatic rings. The standard InChI is InChI=1S/C13H13ClN6S/c1-6-8(3)17-13(18-9(6)4)21-11-7(2)10(14)19-12-15-5-16-20(11)12/h5H,1-4H3. The summed E-state index contributed by atoms with van der Waals surface area (Å²) < 4.78 is 1.65. The van der Waals surface area contributed by atoms with Gasteiger partial charge >= 0.3 is 0 Å². The zero-order chi connectivity index (χ0) is 15.1. The second kappa shape index (κ2) is 5.23. The van der Waals surface area contributed by atoms with Gasteiger partial charge in [-0.2, -0.15) is 19.6 Å². The van der Waals surface area contributed by atoms with Gasteiger partial charge in [0.1, 0.15) is 16.5 Å². The van der Waals surface area contributed by atoms with E-state index >= 15 is 0 Å². The lowest BCUT2D eigenvalue weighted by Gasteiger charge is -2.10. The lowest BCUT2D eigenvalue weighted by Crippen LogP contribution is -2.02. The highest BCUT2D eigenvalue weighted by atomic mass is 35.5.